The largest absolute Gasteiger partial charge is 0.462 e. The zero-order valence-corrected chi connectivity index (χ0v) is 11.5. The van der Waals surface area contributed by atoms with Gasteiger partial charge in [-0.2, -0.15) is 0 Å². The molecule has 1 heterocycles. The van der Waals surface area contributed by atoms with Crippen molar-refractivity contribution in [2.24, 2.45) is 0 Å². The molecule has 1 aromatic carbocycles. The first-order valence-electron chi connectivity index (χ1n) is 6.32. The maximum atomic E-state index is 13.7. The highest BCUT2D eigenvalue weighted by atomic mass is 19.1. The molecule has 2 rings (SSSR count). The minimum Gasteiger partial charge on any atom is -0.462 e. The summed E-state index contributed by atoms with van der Waals surface area (Å²) >= 11 is 0. The number of hydrogen-bond acceptors (Lipinski definition) is 3. The molecular weight excluding hydrogens is 264 g/mol. The second kappa shape index (κ2) is 6.63. The third kappa shape index (κ3) is 3.43. The lowest BCUT2D eigenvalue weighted by Gasteiger charge is -2.14. The Balaban J connectivity index is 2.15. The van der Waals surface area contributed by atoms with Gasteiger partial charge in [-0.15, -0.1) is 0 Å². The zero-order valence-electron chi connectivity index (χ0n) is 11.5. The fraction of sp³-hybridized carbons (Fsp3) is 0.333. The molecule has 20 heavy (non-hydrogen) atoms. The van der Waals surface area contributed by atoms with Crippen LogP contribution < -0.4 is 5.32 Å². The van der Waals surface area contributed by atoms with Gasteiger partial charge in [-0.1, -0.05) is 6.07 Å². The van der Waals surface area contributed by atoms with Crippen molar-refractivity contribution in [1.29, 1.82) is 0 Å². The summed E-state index contributed by atoms with van der Waals surface area (Å²) in [6, 6.07) is 7.07. The van der Waals surface area contributed by atoms with Crippen LogP contribution in [-0.4, -0.2) is 14.2 Å². The van der Waals surface area contributed by atoms with Crippen LogP contribution in [0.15, 0.2) is 34.7 Å². The summed E-state index contributed by atoms with van der Waals surface area (Å²) < 4.78 is 37.2. The number of furan rings is 1. The fourth-order valence-electron chi connectivity index (χ4n) is 2.05. The highest BCUT2D eigenvalue weighted by Gasteiger charge is 2.16. The van der Waals surface area contributed by atoms with E-state index >= 15 is 0 Å². The lowest BCUT2D eigenvalue weighted by molar-refractivity contribution is 0.161. The van der Waals surface area contributed by atoms with Crippen molar-refractivity contribution in [2.75, 3.05) is 14.2 Å². The Bertz CT molecular complexity index is 569. The van der Waals surface area contributed by atoms with Crippen LogP contribution in [0.25, 0.3) is 0 Å². The number of likely N-dealkylation sites (N-methyl/N-ethyl adjacent to an activating group) is 1. The molecule has 2 aromatic rings. The minimum atomic E-state index is -0.576. The molecule has 1 atom stereocenters. The first kappa shape index (κ1) is 14.7. The monoisotopic (exact) mass is 281 g/mol. The summed E-state index contributed by atoms with van der Waals surface area (Å²) in [7, 11) is 3.36. The van der Waals surface area contributed by atoms with Gasteiger partial charge in [-0.05, 0) is 37.2 Å². The number of methoxy groups -OCH3 is 1. The van der Waals surface area contributed by atoms with Crippen molar-refractivity contribution in [1.82, 2.24) is 5.32 Å². The van der Waals surface area contributed by atoms with Crippen LogP contribution in [0.4, 0.5) is 8.78 Å². The molecule has 0 amide bonds. The zero-order chi connectivity index (χ0) is 14.5. The molecule has 0 fully saturated rings. The molecular formula is C15H17F2NO2. The van der Waals surface area contributed by atoms with Gasteiger partial charge in [0.05, 0.1) is 6.04 Å². The topological polar surface area (TPSA) is 34.4 Å². The van der Waals surface area contributed by atoms with E-state index in [0.717, 1.165) is 6.07 Å². The van der Waals surface area contributed by atoms with Crippen LogP contribution in [0.1, 0.15) is 23.1 Å². The molecule has 1 unspecified atom stereocenters. The van der Waals surface area contributed by atoms with Gasteiger partial charge in [0.1, 0.15) is 29.8 Å². The average molecular weight is 281 g/mol. The summed E-state index contributed by atoms with van der Waals surface area (Å²) in [5.74, 6) is 0.284. The predicted octanol–water partition coefficient (Wildman–Crippen LogP) is 3.21. The number of ether oxygens (including phenoxy) is 1. The van der Waals surface area contributed by atoms with Crippen LogP contribution in [0.2, 0.25) is 0 Å². The second-order valence-corrected chi connectivity index (χ2v) is 4.52. The lowest BCUT2D eigenvalue weighted by Crippen LogP contribution is -2.18. The highest BCUT2D eigenvalue weighted by molar-refractivity contribution is 5.22. The van der Waals surface area contributed by atoms with Crippen LogP contribution in [0, 0.1) is 11.6 Å². The van der Waals surface area contributed by atoms with Crippen molar-refractivity contribution in [3.63, 3.8) is 0 Å². The Morgan fingerprint density at radius 1 is 1.25 bits per heavy atom. The van der Waals surface area contributed by atoms with E-state index in [1.165, 1.54) is 12.1 Å². The van der Waals surface area contributed by atoms with E-state index in [0.29, 0.717) is 30.1 Å². The van der Waals surface area contributed by atoms with E-state index in [2.05, 4.69) is 5.32 Å². The van der Waals surface area contributed by atoms with Crippen LogP contribution >= 0.6 is 0 Å². The Kier molecular flexibility index (Phi) is 4.87. The number of halogens is 2. The van der Waals surface area contributed by atoms with E-state index in [1.807, 2.05) is 12.1 Å². The molecule has 0 aliphatic carbocycles. The molecule has 3 nitrogen and oxygen atoms in total. The second-order valence-electron chi connectivity index (χ2n) is 4.52. The van der Waals surface area contributed by atoms with Gasteiger partial charge >= 0.3 is 0 Å². The molecule has 0 radical (unpaired) electrons. The molecule has 0 saturated heterocycles. The SMILES string of the molecule is CNC(Cc1ccc(F)cc1F)c1ccc(COC)o1. The van der Waals surface area contributed by atoms with Crippen LogP contribution in [0.5, 0.6) is 0 Å². The molecule has 5 heteroatoms. The van der Waals surface area contributed by atoms with Crippen molar-refractivity contribution in [3.8, 4) is 0 Å². The van der Waals surface area contributed by atoms with Crippen molar-refractivity contribution in [2.45, 2.75) is 19.1 Å². The number of rotatable bonds is 6. The molecule has 0 spiro atoms. The summed E-state index contributed by atoms with van der Waals surface area (Å²) in [6.45, 7) is 0.390. The predicted molar refractivity (Wildman–Crippen MR) is 71.3 cm³/mol. The van der Waals surface area contributed by atoms with Crippen molar-refractivity contribution in [3.05, 3.63) is 59.1 Å². The quantitative estimate of drug-likeness (QED) is 0.883. The third-order valence-corrected chi connectivity index (χ3v) is 3.10. The Hall–Kier alpha value is -1.72. The van der Waals surface area contributed by atoms with E-state index in [-0.39, 0.29) is 6.04 Å². The molecule has 108 valence electrons. The Morgan fingerprint density at radius 3 is 2.70 bits per heavy atom. The van der Waals surface area contributed by atoms with Gasteiger partial charge < -0.3 is 14.5 Å². The average Bonchev–Trinajstić information content (AvgIpc) is 2.87. The minimum absolute atomic E-state index is 0.180. The molecule has 0 bridgehead atoms. The van der Waals surface area contributed by atoms with Crippen molar-refractivity contribution >= 4 is 0 Å². The molecule has 0 aliphatic heterocycles. The molecule has 1 aromatic heterocycles. The summed E-state index contributed by atoms with van der Waals surface area (Å²) in [5, 5.41) is 3.07. The van der Waals surface area contributed by atoms with E-state index in [9.17, 15) is 8.78 Å². The van der Waals surface area contributed by atoms with Gasteiger partial charge in [0.25, 0.3) is 0 Å². The number of nitrogens with one attached hydrogen (secondary N) is 1. The highest BCUT2D eigenvalue weighted by Crippen LogP contribution is 2.22. The molecule has 1 N–H and O–H groups in total. The first-order valence-corrected chi connectivity index (χ1v) is 6.32. The smallest absolute Gasteiger partial charge is 0.129 e. The van der Waals surface area contributed by atoms with E-state index in [4.69, 9.17) is 9.15 Å². The summed E-state index contributed by atoms with van der Waals surface area (Å²) in [6.07, 6.45) is 0.378. The molecule has 0 saturated carbocycles. The Labute approximate surface area is 116 Å². The van der Waals surface area contributed by atoms with Gasteiger partial charge in [-0.25, -0.2) is 8.78 Å². The Morgan fingerprint density at radius 2 is 2.05 bits per heavy atom. The maximum Gasteiger partial charge on any atom is 0.129 e. The van der Waals surface area contributed by atoms with Gasteiger partial charge in [0.2, 0.25) is 0 Å². The summed E-state index contributed by atoms with van der Waals surface area (Å²) in [4.78, 5) is 0. The molecule has 0 aliphatic rings. The van der Waals surface area contributed by atoms with Gasteiger partial charge in [-0.3, -0.25) is 0 Å². The normalized spacial score (nSPS) is 12.6. The lowest BCUT2D eigenvalue weighted by atomic mass is 10.0. The standard InChI is InChI=1S/C15H17F2NO2/c1-18-14(15-6-5-12(20-15)9-19-2)7-10-3-4-11(16)8-13(10)17/h3-6,8,14,18H,7,9H2,1-2H3. The first-order chi connectivity index (χ1) is 9.63. The maximum absolute atomic E-state index is 13.7. The van der Waals surface area contributed by atoms with Gasteiger partial charge in [0, 0.05) is 13.2 Å². The van der Waals surface area contributed by atoms with E-state index < -0.39 is 11.6 Å². The summed E-state index contributed by atoms with van der Waals surface area (Å²) in [5.41, 5.74) is 0.440. The van der Waals surface area contributed by atoms with Crippen LogP contribution in [0.3, 0.4) is 0 Å². The van der Waals surface area contributed by atoms with E-state index in [1.54, 1.807) is 14.2 Å². The van der Waals surface area contributed by atoms with Crippen molar-refractivity contribution < 1.29 is 17.9 Å². The number of benzene rings is 1. The third-order valence-electron chi connectivity index (χ3n) is 3.10. The fourth-order valence-corrected chi connectivity index (χ4v) is 2.05. The van der Waals surface area contributed by atoms with Crippen LogP contribution in [-0.2, 0) is 17.8 Å². The van der Waals surface area contributed by atoms with Gasteiger partial charge in [0.15, 0.2) is 0 Å². The number of hydrogen-bond donors (Lipinski definition) is 1.